The minimum atomic E-state index is -0.514. The van der Waals surface area contributed by atoms with E-state index in [1.807, 2.05) is 67.0 Å². The number of nitrogens with two attached hydrogens (primary N) is 1. The van der Waals surface area contributed by atoms with Crippen molar-refractivity contribution in [2.75, 3.05) is 0 Å². The number of fused-ring (bicyclic) bond motifs is 6. The highest BCUT2D eigenvalue weighted by atomic mass is 15.1. The topological polar surface area (TPSA) is 60.6 Å². The number of aromatic nitrogens is 2. The van der Waals surface area contributed by atoms with Crippen LogP contribution in [0.3, 0.4) is 0 Å². The van der Waals surface area contributed by atoms with Gasteiger partial charge in [0.25, 0.3) is 0 Å². The van der Waals surface area contributed by atoms with E-state index in [2.05, 4.69) is 124 Å². The molecule has 0 fully saturated rings. The van der Waals surface area contributed by atoms with E-state index in [4.69, 9.17) is 15.7 Å². The van der Waals surface area contributed by atoms with Gasteiger partial charge in [0.15, 0.2) is 6.17 Å². The third-order valence-corrected chi connectivity index (χ3v) is 9.48. The summed E-state index contributed by atoms with van der Waals surface area (Å²) in [6.45, 7) is 0. The summed E-state index contributed by atoms with van der Waals surface area (Å²) in [4.78, 5) is 9.98. The SMILES string of the molecule is NC(=NC(N=Cn1c2ccccc2c2ccc(-c3ccc4c(c3)c3ccccc3n4-c3ccccc3)cc21)c1ccccc1)c1ccccc1. The number of hydrogen-bond donors (Lipinski definition) is 1. The summed E-state index contributed by atoms with van der Waals surface area (Å²) in [6, 6.07) is 61.2. The average molecular weight is 644 g/mol. The zero-order chi connectivity index (χ0) is 33.4. The molecule has 238 valence electrons. The summed E-state index contributed by atoms with van der Waals surface area (Å²) >= 11 is 0. The predicted octanol–water partition coefficient (Wildman–Crippen LogP) is 10.5. The highest BCUT2D eigenvalue weighted by Crippen LogP contribution is 2.37. The van der Waals surface area contributed by atoms with Gasteiger partial charge in [0.05, 0.1) is 28.4 Å². The van der Waals surface area contributed by atoms with Crippen LogP contribution in [0.2, 0.25) is 0 Å². The van der Waals surface area contributed by atoms with Crippen LogP contribution < -0.4 is 5.73 Å². The maximum Gasteiger partial charge on any atom is 0.169 e. The number of rotatable bonds is 7. The molecule has 0 spiro atoms. The molecule has 7 aromatic carbocycles. The molecule has 9 aromatic rings. The van der Waals surface area contributed by atoms with Crippen molar-refractivity contribution in [1.29, 1.82) is 0 Å². The van der Waals surface area contributed by atoms with Crippen LogP contribution in [0.4, 0.5) is 0 Å². The summed E-state index contributed by atoms with van der Waals surface area (Å²) in [6.07, 6.45) is 1.39. The van der Waals surface area contributed by atoms with E-state index in [-0.39, 0.29) is 0 Å². The van der Waals surface area contributed by atoms with Crippen molar-refractivity contribution in [1.82, 2.24) is 9.13 Å². The van der Waals surface area contributed by atoms with Gasteiger partial charge >= 0.3 is 0 Å². The lowest BCUT2D eigenvalue weighted by atomic mass is 10.0. The lowest BCUT2D eigenvalue weighted by molar-refractivity contribution is 0.777. The first-order chi connectivity index (χ1) is 24.7. The van der Waals surface area contributed by atoms with Crippen LogP contribution >= 0.6 is 0 Å². The normalized spacial score (nSPS) is 12.8. The van der Waals surface area contributed by atoms with Crippen molar-refractivity contribution in [3.63, 3.8) is 0 Å². The number of hydrogen-bond acceptors (Lipinski definition) is 2. The van der Waals surface area contributed by atoms with Gasteiger partial charge in [0.1, 0.15) is 5.84 Å². The van der Waals surface area contributed by atoms with Crippen LogP contribution in [-0.4, -0.2) is 21.3 Å². The van der Waals surface area contributed by atoms with Crippen LogP contribution in [0.1, 0.15) is 17.3 Å². The first-order valence-electron chi connectivity index (χ1n) is 16.8. The minimum absolute atomic E-state index is 0.449. The van der Waals surface area contributed by atoms with Gasteiger partial charge in [-0.15, -0.1) is 0 Å². The van der Waals surface area contributed by atoms with E-state index >= 15 is 0 Å². The Bertz CT molecular complexity index is 2700. The van der Waals surface area contributed by atoms with Crippen LogP contribution in [0.15, 0.2) is 186 Å². The van der Waals surface area contributed by atoms with Crippen molar-refractivity contribution >= 4 is 55.8 Å². The smallest absolute Gasteiger partial charge is 0.169 e. The molecule has 5 heteroatoms. The van der Waals surface area contributed by atoms with Gasteiger partial charge in [0, 0.05) is 32.8 Å². The van der Waals surface area contributed by atoms with E-state index in [9.17, 15) is 0 Å². The molecule has 2 heterocycles. The fourth-order valence-electron chi connectivity index (χ4n) is 7.08. The van der Waals surface area contributed by atoms with Crippen molar-refractivity contribution in [2.45, 2.75) is 6.17 Å². The third-order valence-electron chi connectivity index (χ3n) is 9.48. The van der Waals surface area contributed by atoms with Gasteiger partial charge in [-0.1, -0.05) is 133 Å². The summed E-state index contributed by atoms with van der Waals surface area (Å²) in [5.41, 5.74) is 16.3. The van der Waals surface area contributed by atoms with Crippen molar-refractivity contribution in [2.24, 2.45) is 15.7 Å². The number of benzene rings is 7. The molecule has 9 rings (SSSR count). The summed E-state index contributed by atoms with van der Waals surface area (Å²) in [7, 11) is 0. The van der Waals surface area contributed by atoms with Gasteiger partial charge < -0.3 is 14.9 Å². The second-order valence-electron chi connectivity index (χ2n) is 12.5. The molecule has 0 aliphatic rings. The fraction of sp³-hybridized carbons (Fsp3) is 0.0222. The fourth-order valence-corrected chi connectivity index (χ4v) is 7.08. The van der Waals surface area contributed by atoms with Crippen molar-refractivity contribution in [3.05, 3.63) is 187 Å². The van der Waals surface area contributed by atoms with Gasteiger partial charge in [-0.3, -0.25) is 0 Å². The Morgan fingerprint density at radius 3 is 1.82 bits per heavy atom. The number of amidine groups is 1. The molecule has 0 aliphatic carbocycles. The third kappa shape index (κ3) is 5.13. The van der Waals surface area contributed by atoms with Crippen LogP contribution in [0, 0.1) is 0 Å². The van der Waals surface area contributed by atoms with Crippen LogP contribution in [0.25, 0.3) is 60.4 Å². The molecule has 0 saturated heterocycles. The van der Waals surface area contributed by atoms with Gasteiger partial charge in [-0.05, 0) is 59.2 Å². The summed E-state index contributed by atoms with van der Waals surface area (Å²) in [5.74, 6) is 0.449. The second kappa shape index (κ2) is 12.4. The van der Waals surface area contributed by atoms with Crippen LogP contribution in [-0.2, 0) is 0 Å². The molecule has 0 bridgehead atoms. The Balaban J connectivity index is 1.18. The van der Waals surface area contributed by atoms with Crippen molar-refractivity contribution < 1.29 is 0 Å². The standard InChI is InChI=1S/C45H33N5/c46-44(31-14-4-1-5-15-31)48-45(32-16-6-2-7-17-32)47-30-49-40-22-12-10-20-36(40)38-26-24-34(29-43(38)49)33-25-27-42-39(28-33)37-21-11-13-23-41(37)50(42)35-18-8-3-9-19-35/h1-30,45H,(H2,46,48). The Morgan fingerprint density at radius 2 is 1.06 bits per heavy atom. The molecule has 1 atom stereocenters. The molecule has 0 amide bonds. The molecule has 5 nitrogen and oxygen atoms in total. The monoisotopic (exact) mass is 643 g/mol. The zero-order valence-electron chi connectivity index (χ0n) is 27.3. The Labute approximate surface area is 289 Å². The predicted molar refractivity (Wildman–Crippen MR) is 209 cm³/mol. The number of aliphatic imine (C=N–C) groups is 2. The first kappa shape index (κ1) is 29.4. The Kier molecular flexibility index (Phi) is 7.29. The highest BCUT2D eigenvalue weighted by Gasteiger charge is 2.16. The molecular formula is C45H33N5. The van der Waals surface area contributed by atoms with E-state index in [0.717, 1.165) is 39.0 Å². The quantitative estimate of drug-likeness (QED) is 0.136. The molecule has 0 aliphatic heterocycles. The molecular weight excluding hydrogens is 611 g/mol. The van der Waals surface area contributed by atoms with Crippen LogP contribution in [0.5, 0.6) is 0 Å². The van der Waals surface area contributed by atoms with E-state index in [1.54, 1.807) is 0 Å². The van der Waals surface area contributed by atoms with E-state index in [1.165, 1.54) is 32.6 Å². The largest absolute Gasteiger partial charge is 0.383 e. The van der Waals surface area contributed by atoms with Gasteiger partial charge in [-0.2, -0.15) is 0 Å². The Morgan fingerprint density at radius 1 is 0.500 bits per heavy atom. The number of para-hydroxylation sites is 3. The molecule has 50 heavy (non-hydrogen) atoms. The molecule has 2 aromatic heterocycles. The number of nitrogens with zero attached hydrogens (tertiary/aromatic N) is 4. The lowest BCUT2D eigenvalue weighted by Crippen LogP contribution is -2.15. The Hall–Kier alpha value is -6.72. The maximum atomic E-state index is 6.52. The minimum Gasteiger partial charge on any atom is -0.383 e. The lowest BCUT2D eigenvalue weighted by Gasteiger charge is -2.11. The molecule has 1 unspecified atom stereocenters. The molecule has 0 saturated carbocycles. The first-order valence-corrected chi connectivity index (χ1v) is 16.8. The molecule has 0 radical (unpaired) electrons. The molecule has 2 N–H and O–H groups in total. The van der Waals surface area contributed by atoms with Gasteiger partial charge in [0.2, 0.25) is 0 Å². The van der Waals surface area contributed by atoms with Crippen molar-refractivity contribution in [3.8, 4) is 16.8 Å². The van der Waals surface area contributed by atoms with Gasteiger partial charge in [-0.25, -0.2) is 9.98 Å². The summed E-state index contributed by atoms with van der Waals surface area (Å²) in [5, 5.41) is 4.80. The maximum absolute atomic E-state index is 6.52. The van der Waals surface area contributed by atoms with E-state index < -0.39 is 6.17 Å². The zero-order valence-corrected chi connectivity index (χ0v) is 27.3. The average Bonchev–Trinajstić information content (AvgIpc) is 3.69. The van der Waals surface area contributed by atoms with E-state index in [0.29, 0.717) is 5.84 Å². The highest BCUT2D eigenvalue weighted by molar-refractivity contribution is 6.13. The summed E-state index contributed by atoms with van der Waals surface area (Å²) < 4.78 is 4.53. The second-order valence-corrected chi connectivity index (χ2v) is 12.5.